The van der Waals surface area contributed by atoms with Crippen LogP contribution in [0.3, 0.4) is 0 Å². The molecule has 11 heteroatoms. The van der Waals surface area contributed by atoms with Crippen LogP contribution in [-0.2, 0) is 11.0 Å². The van der Waals surface area contributed by atoms with Gasteiger partial charge >= 0.3 is 6.18 Å². The van der Waals surface area contributed by atoms with E-state index in [1.807, 2.05) is 4.90 Å². The summed E-state index contributed by atoms with van der Waals surface area (Å²) in [4.78, 5) is 36.1. The van der Waals surface area contributed by atoms with Crippen LogP contribution in [0.25, 0.3) is 0 Å². The Morgan fingerprint density at radius 3 is 2.42 bits per heavy atom. The summed E-state index contributed by atoms with van der Waals surface area (Å²) in [6.07, 6.45) is 0.989. The molecule has 2 fully saturated rings. The smallest absolute Gasteiger partial charge is 0.371 e. The van der Waals surface area contributed by atoms with E-state index in [9.17, 15) is 22.8 Å². The summed E-state index contributed by atoms with van der Waals surface area (Å²) in [7, 11) is 0. The quantitative estimate of drug-likeness (QED) is 0.755. The molecule has 172 valence electrons. The third-order valence-corrected chi connectivity index (χ3v) is 6.52. The number of nitriles is 1. The molecule has 2 amide bonds. The number of piperidine rings is 1. The van der Waals surface area contributed by atoms with E-state index in [2.05, 4.69) is 9.97 Å². The summed E-state index contributed by atoms with van der Waals surface area (Å²) < 4.78 is 40.0. The lowest BCUT2D eigenvalue weighted by Gasteiger charge is -2.40. The number of benzene rings is 1. The lowest BCUT2D eigenvalue weighted by atomic mass is 9.76. The molecule has 0 aliphatic carbocycles. The maximum Gasteiger partial charge on any atom is 0.417 e. The number of nitrogens with zero attached hydrogens (tertiary/aromatic N) is 5. The molecular weight excluding hydrogens is 437 g/mol. The average molecular weight is 458 g/mol. The van der Waals surface area contributed by atoms with Gasteiger partial charge in [0.05, 0.1) is 22.8 Å². The first-order valence-electron chi connectivity index (χ1n) is 10.4. The Hall–Kier alpha value is -3.68. The maximum absolute atomic E-state index is 13.3. The number of carbonyl (C=O) groups excluding carboxylic acids is 2. The molecule has 1 aromatic heterocycles. The number of anilines is 1. The number of alkyl halides is 3. The average Bonchev–Trinajstić information content (AvgIpc) is 3.18. The van der Waals surface area contributed by atoms with Crippen LogP contribution in [0.15, 0.2) is 36.9 Å². The summed E-state index contributed by atoms with van der Waals surface area (Å²) in [5.74, 6) is -0.970. The fourth-order valence-corrected chi connectivity index (χ4v) is 4.76. The zero-order valence-corrected chi connectivity index (χ0v) is 17.5. The number of hydrogen-bond acceptors (Lipinski definition) is 6. The van der Waals surface area contributed by atoms with Crippen LogP contribution in [0.1, 0.15) is 40.7 Å². The van der Waals surface area contributed by atoms with Crippen molar-refractivity contribution in [3.05, 3.63) is 53.6 Å². The highest BCUT2D eigenvalue weighted by Gasteiger charge is 2.49. The van der Waals surface area contributed by atoms with Crippen LogP contribution in [0.5, 0.6) is 0 Å². The van der Waals surface area contributed by atoms with E-state index in [1.165, 1.54) is 35.8 Å². The first-order valence-corrected chi connectivity index (χ1v) is 10.4. The van der Waals surface area contributed by atoms with Crippen LogP contribution in [0.2, 0.25) is 0 Å². The van der Waals surface area contributed by atoms with Crippen LogP contribution >= 0.6 is 0 Å². The van der Waals surface area contributed by atoms with Crippen molar-refractivity contribution >= 4 is 17.5 Å². The largest absolute Gasteiger partial charge is 0.417 e. The van der Waals surface area contributed by atoms with Crippen molar-refractivity contribution in [1.82, 2.24) is 14.9 Å². The molecule has 2 N–H and O–H groups in total. The molecule has 1 atom stereocenters. The van der Waals surface area contributed by atoms with Crippen molar-refractivity contribution in [2.45, 2.75) is 31.5 Å². The summed E-state index contributed by atoms with van der Waals surface area (Å²) in [6.45, 7) is 1.22. The number of nitrogens with two attached hydrogens (primary N) is 1. The summed E-state index contributed by atoms with van der Waals surface area (Å²) in [5.41, 5.74) is 4.50. The van der Waals surface area contributed by atoms with Gasteiger partial charge in [-0.15, -0.1) is 0 Å². The molecule has 2 aromatic rings. The van der Waals surface area contributed by atoms with E-state index in [4.69, 9.17) is 11.0 Å². The summed E-state index contributed by atoms with van der Waals surface area (Å²) >= 11 is 0. The Morgan fingerprint density at radius 2 is 1.85 bits per heavy atom. The molecule has 0 saturated carbocycles. The number of aromatic nitrogens is 2. The number of primary amides is 1. The first-order chi connectivity index (χ1) is 15.6. The van der Waals surface area contributed by atoms with E-state index >= 15 is 0 Å². The maximum atomic E-state index is 13.3. The number of likely N-dealkylation sites (tertiary alicyclic amines) is 1. The SMILES string of the molecule is N#Cc1ccc(N2CCC3(CC2)CC(C(N)=O)N(C(=O)c2cncnc2)C3)cc1C(F)(F)F. The molecule has 4 rings (SSSR count). The topological polar surface area (TPSA) is 116 Å². The Labute approximate surface area is 187 Å². The highest BCUT2D eigenvalue weighted by Crippen LogP contribution is 2.45. The highest BCUT2D eigenvalue weighted by atomic mass is 19.4. The predicted molar refractivity (Wildman–Crippen MR) is 111 cm³/mol. The Bertz CT molecular complexity index is 1110. The minimum atomic E-state index is -4.62. The minimum absolute atomic E-state index is 0.260. The third kappa shape index (κ3) is 4.33. The first kappa shape index (κ1) is 22.5. The van der Waals surface area contributed by atoms with Gasteiger partial charge in [0.25, 0.3) is 5.91 Å². The second-order valence-electron chi connectivity index (χ2n) is 8.51. The van der Waals surface area contributed by atoms with E-state index in [-0.39, 0.29) is 16.9 Å². The van der Waals surface area contributed by atoms with Gasteiger partial charge in [-0.2, -0.15) is 18.4 Å². The van der Waals surface area contributed by atoms with Crippen LogP contribution in [0.4, 0.5) is 18.9 Å². The molecule has 1 spiro atoms. The number of rotatable bonds is 3. The van der Waals surface area contributed by atoms with Gasteiger partial charge in [-0.1, -0.05) is 0 Å². The molecule has 2 aliphatic heterocycles. The number of hydrogen-bond donors (Lipinski definition) is 1. The molecule has 2 aliphatic rings. The predicted octanol–water partition coefficient (Wildman–Crippen LogP) is 2.35. The summed E-state index contributed by atoms with van der Waals surface area (Å²) in [5, 5.41) is 9.00. The van der Waals surface area contributed by atoms with Crippen molar-refractivity contribution in [3.63, 3.8) is 0 Å². The van der Waals surface area contributed by atoms with Gasteiger partial charge in [0.2, 0.25) is 5.91 Å². The van der Waals surface area contributed by atoms with Gasteiger partial charge in [-0.3, -0.25) is 9.59 Å². The number of halogens is 3. The Balaban J connectivity index is 1.52. The van der Waals surface area contributed by atoms with E-state index in [1.54, 1.807) is 6.07 Å². The molecule has 0 radical (unpaired) electrons. The molecule has 2 saturated heterocycles. The van der Waals surface area contributed by atoms with Crippen LogP contribution in [0, 0.1) is 16.7 Å². The molecule has 1 aromatic carbocycles. The molecule has 33 heavy (non-hydrogen) atoms. The summed E-state index contributed by atoms with van der Waals surface area (Å²) in [6, 6.07) is 4.52. The van der Waals surface area contributed by atoms with Crippen molar-refractivity contribution in [2.75, 3.05) is 24.5 Å². The second-order valence-corrected chi connectivity index (χ2v) is 8.51. The molecule has 0 bridgehead atoms. The van der Waals surface area contributed by atoms with Crippen molar-refractivity contribution in [3.8, 4) is 6.07 Å². The molecule has 3 heterocycles. The normalized spacial score (nSPS) is 20.0. The van der Waals surface area contributed by atoms with Crippen molar-refractivity contribution < 1.29 is 22.8 Å². The van der Waals surface area contributed by atoms with Gasteiger partial charge < -0.3 is 15.5 Å². The minimum Gasteiger partial charge on any atom is -0.371 e. The van der Waals surface area contributed by atoms with E-state index < -0.39 is 29.3 Å². The zero-order valence-electron chi connectivity index (χ0n) is 17.5. The zero-order chi connectivity index (χ0) is 23.8. The Kier molecular flexibility index (Phi) is 5.69. The third-order valence-electron chi connectivity index (χ3n) is 6.52. The lowest BCUT2D eigenvalue weighted by molar-refractivity contribution is -0.137. The van der Waals surface area contributed by atoms with Crippen LogP contribution < -0.4 is 10.6 Å². The lowest BCUT2D eigenvalue weighted by Crippen LogP contribution is -2.44. The van der Waals surface area contributed by atoms with Gasteiger partial charge in [0.15, 0.2) is 0 Å². The van der Waals surface area contributed by atoms with Gasteiger partial charge in [0, 0.05) is 37.7 Å². The van der Waals surface area contributed by atoms with Crippen molar-refractivity contribution in [1.29, 1.82) is 5.26 Å². The molecular formula is C22H21F3N6O2. The number of amides is 2. The van der Waals surface area contributed by atoms with Gasteiger partial charge in [0.1, 0.15) is 12.4 Å². The van der Waals surface area contributed by atoms with Crippen molar-refractivity contribution in [2.24, 2.45) is 11.1 Å². The standard InChI is InChI=1S/C22H21F3N6O2/c23-22(24,25)17-7-16(2-1-14(17)9-26)30-5-3-21(4-6-30)8-18(19(27)32)31(12-21)20(33)15-10-28-13-29-11-15/h1-2,7,10-11,13,18H,3-6,8,12H2,(H2,27,32). The van der Waals surface area contributed by atoms with E-state index in [0.29, 0.717) is 44.6 Å². The van der Waals surface area contributed by atoms with E-state index in [0.717, 1.165) is 6.07 Å². The number of carbonyl (C=O) groups is 2. The van der Waals surface area contributed by atoms with Crippen LogP contribution in [-0.4, -0.2) is 52.4 Å². The fourth-order valence-electron chi connectivity index (χ4n) is 4.76. The highest BCUT2D eigenvalue weighted by molar-refractivity contribution is 5.97. The monoisotopic (exact) mass is 458 g/mol. The van der Waals surface area contributed by atoms with Gasteiger partial charge in [-0.25, -0.2) is 9.97 Å². The molecule has 1 unspecified atom stereocenters. The fraction of sp³-hybridized carbons (Fsp3) is 0.409. The van der Waals surface area contributed by atoms with Gasteiger partial charge in [-0.05, 0) is 42.9 Å². The second kappa shape index (κ2) is 8.35. The Morgan fingerprint density at radius 1 is 1.18 bits per heavy atom. The molecule has 8 nitrogen and oxygen atoms in total.